The third kappa shape index (κ3) is 6.66. The molecule has 26 heavy (non-hydrogen) atoms. The summed E-state index contributed by atoms with van der Waals surface area (Å²) in [4.78, 5) is -0.229. The van der Waals surface area contributed by atoms with Crippen molar-refractivity contribution in [2.24, 2.45) is 5.92 Å². The first-order chi connectivity index (χ1) is 11.7. The zero-order valence-electron chi connectivity index (χ0n) is 14.5. The van der Waals surface area contributed by atoms with E-state index in [4.69, 9.17) is 0 Å². The van der Waals surface area contributed by atoms with Gasteiger partial charge in [0, 0.05) is 6.54 Å². The fraction of sp³-hybridized carbons (Fsp3) is 0.600. The summed E-state index contributed by atoms with van der Waals surface area (Å²) in [6.07, 6.45) is 2.12. The SMILES string of the molecule is CCCS(=O)(=O)Nc1ccc(S(=O)(=O)NCCC2CCNC2)cc1F.Cl. The van der Waals surface area contributed by atoms with Crippen LogP contribution in [0.15, 0.2) is 23.1 Å². The van der Waals surface area contributed by atoms with E-state index in [9.17, 15) is 21.2 Å². The minimum atomic E-state index is -3.83. The molecule has 150 valence electrons. The van der Waals surface area contributed by atoms with Gasteiger partial charge in [0.05, 0.1) is 16.3 Å². The van der Waals surface area contributed by atoms with Gasteiger partial charge in [0.2, 0.25) is 20.0 Å². The van der Waals surface area contributed by atoms with E-state index in [1.807, 2.05) is 0 Å². The largest absolute Gasteiger partial charge is 0.316 e. The van der Waals surface area contributed by atoms with Gasteiger partial charge in [0.1, 0.15) is 5.82 Å². The fourth-order valence-corrected chi connectivity index (χ4v) is 4.87. The predicted molar refractivity (Wildman–Crippen MR) is 102 cm³/mol. The van der Waals surface area contributed by atoms with Crippen LogP contribution in [0.25, 0.3) is 0 Å². The molecule has 1 aliphatic rings. The lowest BCUT2D eigenvalue weighted by molar-refractivity contribution is 0.519. The molecule has 1 aromatic carbocycles. The van der Waals surface area contributed by atoms with Crippen molar-refractivity contribution in [3.63, 3.8) is 0 Å². The molecule has 1 aliphatic heterocycles. The molecule has 0 aliphatic carbocycles. The van der Waals surface area contributed by atoms with E-state index < -0.39 is 25.9 Å². The maximum absolute atomic E-state index is 14.1. The van der Waals surface area contributed by atoms with E-state index in [-0.39, 0.29) is 35.3 Å². The van der Waals surface area contributed by atoms with E-state index >= 15 is 0 Å². The number of halogens is 2. The van der Waals surface area contributed by atoms with Gasteiger partial charge in [-0.15, -0.1) is 12.4 Å². The van der Waals surface area contributed by atoms with E-state index in [1.165, 1.54) is 6.07 Å². The number of hydrogen-bond acceptors (Lipinski definition) is 5. The van der Waals surface area contributed by atoms with Gasteiger partial charge in [-0.2, -0.15) is 0 Å². The molecule has 3 N–H and O–H groups in total. The van der Waals surface area contributed by atoms with E-state index in [2.05, 4.69) is 14.8 Å². The molecule has 0 amide bonds. The van der Waals surface area contributed by atoms with Crippen LogP contribution in [0.4, 0.5) is 10.1 Å². The predicted octanol–water partition coefficient (Wildman–Crippen LogP) is 1.68. The highest BCUT2D eigenvalue weighted by Crippen LogP contribution is 2.20. The van der Waals surface area contributed by atoms with Crippen LogP contribution in [-0.4, -0.2) is 42.2 Å². The van der Waals surface area contributed by atoms with Crippen molar-refractivity contribution in [1.82, 2.24) is 10.0 Å². The van der Waals surface area contributed by atoms with Gasteiger partial charge in [-0.3, -0.25) is 4.72 Å². The Labute approximate surface area is 160 Å². The Morgan fingerprint density at radius 3 is 2.58 bits per heavy atom. The number of rotatable bonds is 9. The normalized spacial score (nSPS) is 17.7. The highest BCUT2D eigenvalue weighted by molar-refractivity contribution is 7.92. The van der Waals surface area contributed by atoms with Crippen molar-refractivity contribution in [3.05, 3.63) is 24.0 Å². The first-order valence-electron chi connectivity index (χ1n) is 8.24. The van der Waals surface area contributed by atoms with Crippen molar-refractivity contribution in [2.75, 3.05) is 30.1 Å². The van der Waals surface area contributed by atoms with Crippen molar-refractivity contribution in [2.45, 2.75) is 31.1 Å². The van der Waals surface area contributed by atoms with Gasteiger partial charge in [-0.25, -0.2) is 25.9 Å². The average molecular weight is 430 g/mol. The Bertz CT molecular complexity index is 797. The summed E-state index contributed by atoms with van der Waals surface area (Å²) in [5.41, 5.74) is -0.260. The lowest BCUT2D eigenvalue weighted by Gasteiger charge is -2.12. The van der Waals surface area contributed by atoms with Crippen LogP contribution in [-0.2, 0) is 20.0 Å². The number of nitrogens with one attached hydrogen (secondary N) is 3. The number of sulfonamides is 2. The molecule has 1 aromatic rings. The summed E-state index contributed by atoms with van der Waals surface area (Å²) in [5.74, 6) is -0.623. The van der Waals surface area contributed by atoms with Crippen LogP contribution in [0.1, 0.15) is 26.2 Å². The summed E-state index contributed by atoms with van der Waals surface area (Å²) in [7, 11) is -7.47. The van der Waals surface area contributed by atoms with Crippen molar-refractivity contribution >= 4 is 38.1 Å². The van der Waals surface area contributed by atoms with E-state index in [0.717, 1.165) is 31.6 Å². The summed E-state index contributed by atoms with van der Waals surface area (Å²) in [6.45, 7) is 3.79. The first-order valence-corrected chi connectivity index (χ1v) is 11.4. The Morgan fingerprint density at radius 2 is 2.00 bits per heavy atom. The molecule has 0 bridgehead atoms. The maximum atomic E-state index is 14.1. The average Bonchev–Trinajstić information content (AvgIpc) is 3.02. The van der Waals surface area contributed by atoms with E-state index in [0.29, 0.717) is 18.8 Å². The molecule has 1 heterocycles. The summed E-state index contributed by atoms with van der Waals surface area (Å²) >= 11 is 0. The third-order valence-electron chi connectivity index (χ3n) is 4.00. The molecule has 1 atom stereocenters. The second kappa shape index (κ2) is 9.84. The molecule has 11 heteroatoms. The third-order valence-corrected chi connectivity index (χ3v) is 6.93. The second-order valence-electron chi connectivity index (χ2n) is 6.11. The Hall–Kier alpha value is -0.940. The zero-order valence-corrected chi connectivity index (χ0v) is 16.9. The van der Waals surface area contributed by atoms with E-state index in [1.54, 1.807) is 6.92 Å². The number of hydrogen-bond donors (Lipinski definition) is 3. The standard InChI is InChI=1S/C15H24FN3O4S2.ClH/c1-2-9-24(20,21)19-15-4-3-13(10-14(15)16)25(22,23)18-8-6-12-5-7-17-11-12;/h3-4,10,12,17-19H,2,5-9,11H2,1H3;1H. The lowest BCUT2D eigenvalue weighted by Crippen LogP contribution is -2.27. The molecule has 7 nitrogen and oxygen atoms in total. The Kier molecular flexibility index (Phi) is 8.74. The first kappa shape index (κ1) is 23.1. The number of benzene rings is 1. The second-order valence-corrected chi connectivity index (χ2v) is 9.72. The fourth-order valence-electron chi connectivity index (χ4n) is 2.67. The van der Waals surface area contributed by atoms with Gasteiger partial charge in [-0.05, 0) is 56.5 Å². The lowest BCUT2D eigenvalue weighted by atomic mass is 10.1. The minimum absolute atomic E-state index is 0. The van der Waals surface area contributed by atoms with Gasteiger partial charge in [0.25, 0.3) is 0 Å². The van der Waals surface area contributed by atoms with Crippen LogP contribution in [0.2, 0.25) is 0 Å². The molecule has 1 fully saturated rings. The van der Waals surface area contributed by atoms with Crippen LogP contribution >= 0.6 is 12.4 Å². The summed E-state index contributed by atoms with van der Waals surface area (Å²) in [6, 6.07) is 3.13. The highest BCUT2D eigenvalue weighted by Gasteiger charge is 2.20. The molecule has 0 spiro atoms. The van der Waals surface area contributed by atoms with Crippen molar-refractivity contribution in [1.29, 1.82) is 0 Å². The quantitative estimate of drug-likeness (QED) is 0.554. The van der Waals surface area contributed by atoms with Gasteiger partial charge < -0.3 is 5.32 Å². The molecule has 0 aromatic heterocycles. The Morgan fingerprint density at radius 1 is 1.27 bits per heavy atom. The maximum Gasteiger partial charge on any atom is 0.240 e. The Balaban J connectivity index is 0.00000338. The molecular weight excluding hydrogens is 405 g/mol. The molecule has 2 rings (SSSR count). The smallest absolute Gasteiger partial charge is 0.240 e. The zero-order chi connectivity index (χ0) is 18.5. The topological polar surface area (TPSA) is 104 Å². The van der Waals surface area contributed by atoms with Crippen molar-refractivity contribution < 1.29 is 21.2 Å². The van der Waals surface area contributed by atoms with Gasteiger partial charge >= 0.3 is 0 Å². The molecular formula is C15H25ClFN3O4S2. The molecule has 1 unspecified atom stereocenters. The minimum Gasteiger partial charge on any atom is -0.316 e. The summed E-state index contributed by atoms with van der Waals surface area (Å²) in [5, 5.41) is 3.21. The van der Waals surface area contributed by atoms with Gasteiger partial charge in [-0.1, -0.05) is 6.92 Å². The molecule has 0 saturated carbocycles. The van der Waals surface area contributed by atoms with Crippen LogP contribution in [0, 0.1) is 11.7 Å². The highest BCUT2D eigenvalue weighted by atomic mass is 35.5. The molecule has 1 saturated heterocycles. The monoisotopic (exact) mass is 429 g/mol. The van der Waals surface area contributed by atoms with Crippen LogP contribution in [0.5, 0.6) is 0 Å². The van der Waals surface area contributed by atoms with Crippen molar-refractivity contribution in [3.8, 4) is 0 Å². The van der Waals surface area contributed by atoms with Crippen LogP contribution < -0.4 is 14.8 Å². The molecule has 0 radical (unpaired) electrons. The number of anilines is 1. The van der Waals surface area contributed by atoms with Gasteiger partial charge in [0.15, 0.2) is 0 Å². The van der Waals surface area contributed by atoms with Crippen LogP contribution in [0.3, 0.4) is 0 Å². The summed E-state index contributed by atoms with van der Waals surface area (Å²) < 4.78 is 66.5.